The zero-order chi connectivity index (χ0) is 64.9. The van der Waals surface area contributed by atoms with E-state index in [1.807, 2.05) is 120 Å². The SMILES string of the molecule is c1ccc(-c2ccc(-c3nc(-c4ccccc4)nc(-c4cccc5sc6c(-c7cccc(-c8nc9ccccc9s8)c7)cccc6c45)n3)cc2)cc1.c1ccc(-c2nc(-c3ccccc3)nc(-c3cccc4sc5c(-c6cccc(-c7nc8ccccc8s7)c6)cccc5c34)n2)cc1. The van der Waals surface area contributed by atoms with Gasteiger partial charge >= 0.3 is 0 Å². The van der Waals surface area contributed by atoms with Crippen LogP contribution in [-0.2, 0) is 0 Å². The second-order valence-electron chi connectivity index (χ2n) is 23.7. The third-order valence-corrected chi connectivity index (χ3v) is 22.2. The van der Waals surface area contributed by atoms with E-state index in [9.17, 15) is 0 Å². The number of hydrogen-bond donors (Lipinski definition) is 0. The number of hydrogen-bond acceptors (Lipinski definition) is 12. The molecule has 6 aromatic heterocycles. The van der Waals surface area contributed by atoms with Gasteiger partial charge in [-0.05, 0) is 81.9 Å². The van der Waals surface area contributed by atoms with Crippen molar-refractivity contribution in [3.05, 3.63) is 315 Å². The highest BCUT2D eigenvalue weighted by Gasteiger charge is 2.22. The van der Waals surface area contributed by atoms with Crippen molar-refractivity contribution in [2.45, 2.75) is 0 Å². The Hall–Kier alpha value is -11.9. The second-order valence-corrected chi connectivity index (χ2v) is 27.9. The molecule has 0 aliphatic carbocycles. The maximum absolute atomic E-state index is 5.16. The van der Waals surface area contributed by atoms with Crippen LogP contribution in [0, 0.1) is 0 Å². The van der Waals surface area contributed by atoms with Crippen molar-refractivity contribution in [2.75, 3.05) is 0 Å². The topological polar surface area (TPSA) is 103 Å². The van der Waals surface area contributed by atoms with E-state index in [0.29, 0.717) is 34.9 Å². The molecule has 6 heterocycles. The largest absolute Gasteiger partial charge is 0.236 e. The quantitative estimate of drug-likeness (QED) is 0.126. The fourth-order valence-corrected chi connectivity index (χ4v) is 17.3. The molecule has 0 N–H and O–H groups in total. The van der Waals surface area contributed by atoms with Gasteiger partial charge < -0.3 is 0 Å². The average Bonchev–Trinajstić information content (AvgIpc) is 1.56. The molecule has 0 amide bonds. The van der Waals surface area contributed by atoms with Gasteiger partial charge in [-0.15, -0.1) is 45.3 Å². The molecule has 8 nitrogen and oxygen atoms in total. The van der Waals surface area contributed by atoms with Crippen LogP contribution in [0.5, 0.6) is 0 Å². The lowest BCUT2D eigenvalue weighted by molar-refractivity contribution is 1.08. The number of benzene rings is 13. The lowest BCUT2D eigenvalue weighted by Gasteiger charge is -2.10. The molecule has 13 aromatic carbocycles. The van der Waals surface area contributed by atoms with E-state index >= 15 is 0 Å². The first kappa shape index (κ1) is 58.7. The number of thiazole rings is 2. The Morgan fingerprint density at radius 3 is 0.898 bits per heavy atom. The summed E-state index contributed by atoms with van der Waals surface area (Å²) in [6, 6.07) is 110. The van der Waals surface area contributed by atoms with Crippen molar-refractivity contribution in [1.82, 2.24) is 39.9 Å². The number of nitrogens with zero attached hydrogens (tertiary/aromatic N) is 8. The van der Waals surface area contributed by atoms with Crippen LogP contribution in [0.2, 0.25) is 0 Å². The lowest BCUT2D eigenvalue weighted by Crippen LogP contribution is -2.00. The van der Waals surface area contributed by atoms with Gasteiger partial charge in [-0.3, -0.25) is 0 Å². The van der Waals surface area contributed by atoms with Gasteiger partial charge in [0.1, 0.15) is 10.0 Å². The maximum atomic E-state index is 5.16. The number of aromatic nitrogens is 8. The highest BCUT2D eigenvalue weighted by molar-refractivity contribution is 7.27. The Morgan fingerprint density at radius 2 is 0.480 bits per heavy atom. The fraction of sp³-hybridized carbons (Fsp3) is 0. The predicted molar refractivity (Wildman–Crippen MR) is 412 cm³/mol. The first-order valence-corrected chi connectivity index (χ1v) is 35.5. The van der Waals surface area contributed by atoms with Gasteiger partial charge in [-0.2, -0.15) is 0 Å². The Morgan fingerprint density at radius 1 is 0.184 bits per heavy atom. The van der Waals surface area contributed by atoms with Crippen LogP contribution in [0.4, 0.5) is 0 Å². The summed E-state index contributed by atoms with van der Waals surface area (Å²) in [6.45, 7) is 0. The first-order valence-electron chi connectivity index (χ1n) is 32.2. The Labute approximate surface area is 580 Å². The molecule has 19 rings (SSSR count). The molecule has 0 saturated heterocycles. The first-order chi connectivity index (χ1) is 48.5. The minimum atomic E-state index is 0.646. The van der Waals surface area contributed by atoms with E-state index in [1.54, 1.807) is 22.7 Å². The van der Waals surface area contributed by atoms with E-state index in [-0.39, 0.29) is 0 Å². The van der Waals surface area contributed by atoms with Gasteiger partial charge in [0.25, 0.3) is 0 Å². The predicted octanol–water partition coefficient (Wildman–Crippen LogP) is 24.0. The van der Waals surface area contributed by atoms with Crippen LogP contribution >= 0.6 is 45.3 Å². The highest BCUT2D eigenvalue weighted by atomic mass is 32.1. The van der Waals surface area contributed by atoms with Gasteiger partial charge in [-0.1, -0.05) is 267 Å². The molecule has 0 bridgehead atoms. The summed E-state index contributed by atoms with van der Waals surface area (Å²) < 4.78 is 7.27. The minimum Gasteiger partial charge on any atom is -0.236 e. The summed E-state index contributed by atoms with van der Waals surface area (Å²) >= 11 is 7.09. The smallest absolute Gasteiger partial charge is 0.164 e. The molecule has 98 heavy (non-hydrogen) atoms. The number of para-hydroxylation sites is 2. The molecular formula is C86H52N8S4. The molecule has 0 spiro atoms. The molecule has 0 aliphatic rings. The van der Waals surface area contributed by atoms with Crippen LogP contribution in [-0.4, -0.2) is 39.9 Å². The summed E-state index contributed by atoms with van der Waals surface area (Å²) in [5.74, 6) is 3.94. The van der Waals surface area contributed by atoms with Gasteiger partial charge in [0, 0.05) is 84.9 Å². The highest BCUT2D eigenvalue weighted by Crippen LogP contribution is 2.47. The number of fused-ring (bicyclic) bond motifs is 8. The number of thiophene rings is 2. The van der Waals surface area contributed by atoms with E-state index < -0.39 is 0 Å². The summed E-state index contributed by atoms with van der Waals surface area (Å²) in [5, 5.41) is 6.77. The van der Waals surface area contributed by atoms with Crippen molar-refractivity contribution in [3.63, 3.8) is 0 Å². The Bertz CT molecular complexity index is 6060. The number of rotatable bonds is 11. The van der Waals surface area contributed by atoms with Gasteiger partial charge in [0.05, 0.1) is 20.4 Å². The van der Waals surface area contributed by atoms with Crippen LogP contribution in [0.1, 0.15) is 0 Å². The molecule has 0 unspecified atom stereocenters. The minimum absolute atomic E-state index is 0.646. The third-order valence-electron chi connectivity index (χ3n) is 17.6. The van der Waals surface area contributed by atoms with E-state index in [0.717, 1.165) is 81.9 Å². The molecule has 0 saturated carbocycles. The van der Waals surface area contributed by atoms with Crippen LogP contribution < -0.4 is 0 Å². The van der Waals surface area contributed by atoms with Crippen molar-refractivity contribution in [2.24, 2.45) is 0 Å². The fourth-order valence-electron chi connectivity index (χ4n) is 12.9. The van der Waals surface area contributed by atoms with Gasteiger partial charge in [-0.25, -0.2) is 39.9 Å². The molecular weight excluding hydrogens is 1270 g/mol. The molecule has 0 radical (unpaired) electrons. The van der Waals surface area contributed by atoms with Crippen molar-refractivity contribution < 1.29 is 0 Å². The Balaban J connectivity index is 0.000000143. The van der Waals surface area contributed by atoms with Crippen LogP contribution in [0.25, 0.3) is 184 Å². The standard InChI is InChI=1S/C46H28N4S2.C40H24N4S2/c1-3-12-29(13-4-1)30-24-26-32(27-25-30)44-48-43(31-14-5-2-6-15-31)49-45(50-44)37-20-11-23-40-41(37)36-19-10-18-35(42(36)51-40)33-16-9-17-34(28-33)46-47-38-21-7-8-22-39(38)52-46;1-3-12-25(13-4-1)37-42-38(26-14-5-2-6-15-26)44-39(43-37)31-20-11-23-34-35(31)30-19-10-18-29(36(30)45-34)27-16-9-17-28(24-27)40-41-32-21-7-8-22-33(32)46-40/h1-28H;1-24H. The summed E-state index contributed by atoms with van der Waals surface area (Å²) in [6.07, 6.45) is 0. The maximum Gasteiger partial charge on any atom is 0.164 e. The Kier molecular flexibility index (Phi) is 15.2. The van der Waals surface area contributed by atoms with E-state index in [4.69, 9.17) is 39.9 Å². The van der Waals surface area contributed by atoms with Crippen molar-refractivity contribution in [1.29, 1.82) is 0 Å². The van der Waals surface area contributed by atoms with Crippen molar-refractivity contribution >= 4 is 106 Å². The van der Waals surface area contributed by atoms with Gasteiger partial charge in [0.15, 0.2) is 34.9 Å². The average molecular weight is 1330 g/mol. The van der Waals surface area contributed by atoms with E-state index in [2.05, 4.69) is 218 Å². The molecule has 0 atom stereocenters. The normalized spacial score (nSPS) is 11.5. The molecule has 0 aliphatic heterocycles. The summed E-state index contributed by atoms with van der Waals surface area (Å²) in [7, 11) is 0. The third kappa shape index (κ3) is 11.2. The van der Waals surface area contributed by atoms with E-state index in [1.165, 1.54) is 66.8 Å². The van der Waals surface area contributed by atoms with Crippen LogP contribution in [0.3, 0.4) is 0 Å². The zero-order valence-corrected chi connectivity index (χ0v) is 55.5. The summed E-state index contributed by atoms with van der Waals surface area (Å²) in [4.78, 5) is 40.2. The van der Waals surface area contributed by atoms with Crippen molar-refractivity contribution in [3.8, 4) is 123 Å². The molecule has 19 aromatic rings. The van der Waals surface area contributed by atoms with Gasteiger partial charge in [0.2, 0.25) is 0 Å². The molecule has 460 valence electrons. The molecule has 0 fully saturated rings. The lowest BCUT2D eigenvalue weighted by atomic mass is 9.99. The zero-order valence-electron chi connectivity index (χ0n) is 52.2. The molecule has 12 heteroatoms. The second kappa shape index (κ2) is 25.3. The summed E-state index contributed by atoms with van der Waals surface area (Å²) in [5.41, 5.74) is 17.2. The monoisotopic (exact) mass is 1320 g/mol. The van der Waals surface area contributed by atoms with Crippen LogP contribution in [0.15, 0.2) is 315 Å².